The number of carboxylic acid groups (broad SMARTS) is 2. The van der Waals surface area contributed by atoms with Gasteiger partial charge in [0, 0.05) is 31.7 Å². The lowest BCUT2D eigenvalue weighted by Crippen LogP contribution is -2.46. The Kier molecular flexibility index (Phi) is 10.8. The van der Waals surface area contributed by atoms with E-state index in [2.05, 4.69) is 15.0 Å². The van der Waals surface area contributed by atoms with Crippen molar-refractivity contribution < 1.29 is 54.6 Å². The van der Waals surface area contributed by atoms with Crippen LogP contribution in [0.1, 0.15) is 31.0 Å². The summed E-state index contributed by atoms with van der Waals surface area (Å²) in [7, 11) is -3.55. The Morgan fingerprint density at radius 1 is 0.949 bits per heavy atom. The van der Waals surface area contributed by atoms with Crippen molar-refractivity contribution in [2.24, 2.45) is 0 Å². The maximum Gasteiger partial charge on any atom is 0.490 e. The molecular weight excluding hydrogens is 564 g/mol. The molecule has 0 aliphatic carbocycles. The number of piperidine rings is 1. The topological polar surface area (TPSA) is 146 Å². The third-order valence-electron chi connectivity index (χ3n) is 5.53. The molecule has 2 aliphatic heterocycles. The first kappa shape index (κ1) is 32.0. The highest BCUT2D eigenvalue weighted by Gasteiger charge is 2.39. The minimum absolute atomic E-state index is 0.0447. The van der Waals surface area contributed by atoms with Crippen LogP contribution in [-0.2, 0) is 26.2 Å². The number of carboxylic acids is 2. The van der Waals surface area contributed by atoms with Crippen LogP contribution < -0.4 is 0 Å². The summed E-state index contributed by atoms with van der Waals surface area (Å²) >= 11 is 0. The lowest BCUT2D eigenvalue weighted by molar-refractivity contribution is -0.193. The third kappa shape index (κ3) is 9.47. The third-order valence-corrected chi connectivity index (χ3v) is 7.32. The Bertz CT molecular complexity index is 1180. The fraction of sp³-hybridized carbons (Fsp3) is 0.524. The number of hydrogen-bond acceptors (Lipinski definition) is 7. The second kappa shape index (κ2) is 13.2. The molecule has 4 rings (SSSR count). The first-order chi connectivity index (χ1) is 18.0. The molecule has 2 N–H and O–H groups in total. The van der Waals surface area contributed by atoms with Gasteiger partial charge < -0.3 is 15.1 Å². The highest BCUT2D eigenvalue weighted by molar-refractivity contribution is 7.89. The second-order valence-corrected chi connectivity index (χ2v) is 10.3. The summed E-state index contributed by atoms with van der Waals surface area (Å²) in [5, 5.41) is 18.7. The normalized spacial score (nSPS) is 18.6. The smallest absolute Gasteiger partial charge is 0.475 e. The molecule has 2 aromatic heterocycles. The van der Waals surface area contributed by atoms with Gasteiger partial charge in [0.2, 0.25) is 10.0 Å². The van der Waals surface area contributed by atoms with Gasteiger partial charge in [-0.1, -0.05) is 6.42 Å². The number of nitrogens with zero attached hydrogens (tertiary/aromatic N) is 5. The van der Waals surface area contributed by atoms with Crippen molar-refractivity contribution in [1.29, 1.82) is 0 Å². The molecule has 1 unspecified atom stereocenters. The van der Waals surface area contributed by atoms with Crippen molar-refractivity contribution in [3.63, 3.8) is 0 Å². The van der Waals surface area contributed by atoms with Gasteiger partial charge in [-0.05, 0) is 44.1 Å². The highest BCUT2D eigenvalue weighted by Crippen LogP contribution is 2.27. The van der Waals surface area contributed by atoms with Gasteiger partial charge in [0.15, 0.2) is 0 Å². The number of aromatic nitrogens is 3. The zero-order valence-corrected chi connectivity index (χ0v) is 21.0. The van der Waals surface area contributed by atoms with Gasteiger partial charge in [-0.15, -0.1) is 0 Å². The molecule has 1 saturated heterocycles. The Labute approximate surface area is 218 Å². The fourth-order valence-corrected chi connectivity index (χ4v) is 5.17. The van der Waals surface area contributed by atoms with E-state index in [-0.39, 0.29) is 10.9 Å². The lowest BCUT2D eigenvalue weighted by Gasteiger charge is -2.37. The number of aliphatic carboxylic acids is 2. The van der Waals surface area contributed by atoms with Crippen LogP contribution in [0.3, 0.4) is 0 Å². The van der Waals surface area contributed by atoms with Crippen LogP contribution in [0.4, 0.5) is 26.3 Å². The molecule has 2 aromatic rings. The van der Waals surface area contributed by atoms with Crippen molar-refractivity contribution in [3.05, 3.63) is 42.5 Å². The van der Waals surface area contributed by atoms with Gasteiger partial charge in [0.05, 0.1) is 18.3 Å². The van der Waals surface area contributed by atoms with Gasteiger partial charge in [0.1, 0.15) is 4.90 Å². The number of fused-ring (bicyclic) bond motifs is 1. The minimum atomic E-state index is -5.08. The first-order valence-corrected chi connectivity index (χ1v) is 12.7. The summed E-state index contributed by atoms with van der Waals surface area (Å²) in [4.78, 5) is 24.4. The number of alkyl halides is 6. The molecule has 4 heterocycles. The van der Waals surface area contributed by atoms with Crippen molar-refractivity contribution in [3.8, 4) is 0 Å². The monoisotopic (exact) mass is 589 g/mol. The summed E-state index contributed by atoms with van der Waals surface area (Å²) in [6.45, 7) is 3.81. The Hall–Kier alpha value is -3.25. The lowest BCUT2D eigenvalue weighted by atomic mass is 10.1. The van der Waals surface area contributed by atoms with Crippen LogP contribution >= 0.6 is 0 Å². The van der Waals surface area contributed by atoms with Crippen molar-refractivity contribution >= 4 is 22.0 Å². The Morgan fingerprint density at radius 3 is 2.00 bits per heavy atom. The molecule has 0 saturated carbocycles. The molecule has 1 fully saturated rings. The van der Waals surface area contributed by atoms with Gasteiger partial charge in [-0.3, -0.25) is 9.67 Å². The predicted octanol–water partition coefficient (Wildman–Crippen LogP) is 2.78. The van der Waals surface area contributed by atoms with Crippen LogP contribution in [0.15, 0.2) is 41.7 Å². The number of sulfonamides is 1. The molecule has 0 bridgehead atoms. The van der Waals surface area contributed by atoms with E-state index in [4.69, 9.17) is 19.8 Å². The SMILES string of the molecule is O=C(O)C(F)(F)F.O=C(O)C(F)(F)F.O=S(=O)(c1cccnc1)N1Cc2ccnn2C(CN2CCCCC2)C1. The maximum absolute atomic E-state index is 13.0. The minimum Gasteiger partial charge on any atom is -0.475 e. The van der Waals surface area contributed by atoms with Gasteiger partial charge in [-0.2, -0.15) is 35.7 Å². The van der Waals surface area contributed by atoms with E-state index in [9.17, 15) is 34.8 Å². The summed E-state index contributed by atoms with van der Waals surface area (Å²) < 4.78 is 93.0. The molecule has 218 valence electrons. The number of hydrogen-bond donors (Lipinski definition) is 2. The molecule has 0 radical (unpaired) electrons. The molecule has 2 aliphatic rings. The maximum atomic E-state index is 13.0. The molecule has 18 heteroatoms. The Morgan fingerprint density at radius 2 is 1.51 bits per heavy atom. The van der Waals surface area contributed by atoms with E-state index in [1.54, 1.807) is 28.8 Å². The standard InChI is InChI=1S/C17H23N5O2S.2C2HF3O2/c23-25(24,17-5-4-7-18-11-17)21-13-15-6-8-19-22(15)16(14-21)12-20-9-2-1-3-10-20;2*3-2(4,5)1(6)7/h4-8,11,16H,1-3,9-10,12-14H2;2*(H,6,7). The highest BCUT2D eigenvalue weighted by atomic mass is 32.2. The number of likely N-dealkylation sites (tertiary alicyclic amines) is 1. The average Bonchev–Trinajstić information content (AvgIpc) is 3.34. The van der Waals surface area contributed by atoms with Crippen LogP contribution in [0, 0.1) is 0 Å². The largest absolute Gasteiger partial charge is 0.490 e. The molecule has 11 nitrogen and oxygen atoms in total. The molecule has 0 spiro atoms. The van der Waals surface area contributed by atoms with Crippen LogP contribution in [0.2, 0.25) is 0 Å². The van der Waals surface area contributed by atoms with Crippen molar-refractivity contribution in [2.45, 2.75) is 49.1 Å². The summed E-state index contributed by atoms with van der Waals surface area (Å²) in [6, 6.07) is 5.22. The van der Waals surface area contributed by atoms with Crippen LogP contribution in [-0.4, -0.2) is 93.1 Å². The number of rotatable bonds is 4. The van der Waals surface area contributed by atoms with Crippen molar-refractivity contribution in [2.75, 3.05) is 26.2 Å². The Balaban J connectivity index is 0.000000317. The van der Waals surface area contributed by atoms with Crippen LogP contribution in [0.5, 0.6) is 0 Å². The van der Waals surface area contributed by atoms with E-state index >= 15 is 0 Å². The van der Waals surface area contributed by atoms with E-state index in [0.29, 0.717) is 13.1 Å². The number of pyridine rings is 1. The number of carbonyl (C=O) groups is 2. The second-order valence-electron chi connectivity index (χ2n) is 8.37. The zero-order valence-electron chi connectivity index (χ0n) is 20.1. The molecule has 0 aromatic carbocycles. The van der Waals surface area contributed by atoms with Gasteiger partial charge in [0.25, 0.3) is 0 Å². The molecule has 1 atom stereocenters. The fourth-order valence-electron chi connectivity index (χ4n) is 3.76. The summed E-state index contributed by atoms with van der Waals surface area (Å²) in [5.41, 5.74) is 0.945. The first-order valence-electron chi connectivity index (χ1n) is 11.3. The quantitative estimate of drug-likeness (QED) is 0.514. The van der Waals surface area contributed by atoms with Crippen molar-refractivity contribution in [1.82, 2.24) is 24.0 Å². The predicted molar refractivity (Wildman–Crippen MR) is 121 cm³/mol. The number of halogens is 6. The van der Waals surface area contributed by atoms with E-state index in [1.807, 2.05) is 10.7 Å². The van der Waals surface area contributed by atoms with E-state index in [1.165, 1.54) is 25.5 Å². The average molecular weight is 590 g/mol. The van der Waals surface area contributed by atoms with E-state index < -0.39 is 34.3 Å². The summed E-state index contributed by atoms with van der Waals surface area (Å²) in [5.74, 6) is -5.51. The molecule has 39 heavy (non-hydrogen) atoms. The summed E-state index contributed by atoms with van der Waals surface area (Å²) in [6.07, 6.45) is -1.68. The van der Waals surface area contributed by atoms with Gasteiger partial charge in [-0.25, -0.2) is 18.0 Å². The van der Waals surface area contributed by atoms with Crippen LogP contribution in [0.25, 0.3) is 0 Å². The molecular formula is C21H25F6N5O6S. The zero-order chi connectivity index (χ0) is 29.4. The van der Waals surface area contributed by atoms with Gasteiger partial charge >= 0.3 is 24.3 Å². The molecule has 0 amide bonds. The van der Waals surface area contributed by atoms with E-state index in [0.717, 1.165) is 25.3 Å².